The van der Waals surface area contributed by atoms with Crippen LogP contribution in [0, 0.1) is 0 Å². The van der Waals surface area contributed by atoms with Crippen molar-refractivity contribution in [2.24, 2.45) is 4.99 Å². The van der Waals surface area contributed by atoms with Gasteiger partial charge in [-0.2, -0.15) is 0 Å². The highest BCUT2D eigenvalue weighted by atomic mass is 16.6. The van der Waals surface area contributed by atoms with E-state index in [0.29, 0.717) is 12.7 Å². The van der Waals surface area contributed by atoms with Crippen LogP contribution in [0.1, 0.15) is 33.6 Å². The number of aliphatic imine (C=N–C) groups is 1. The Morgan fingerprint density at radius 3 is 2.82 bits per heavy atom. The second-order valence-electron chi connectivity index (χ2n) is 4.84. The molecule has 1 N–H and O–H groups in total. The van der Waals surface area contributed by atoms with Crippen molar-refractivity contribution in [1.82, 2.24) is 5.32 Å². The highest BCUT2D eigenvalue weighted by Crippen LogP contribution is 2.12. The van der Waals surface area contributed by atoms with Crippen molar-refractivity contribution in [2.75, 3.05) is 0 Å². The number of alkyl carbamates (subject to hydrolysis) is 1. The van der Waals surface area contributed by atoms with Crippen LogP contribution in [0.5, 0.6) is 0 Å². The maximum Gasteiger partial charge on any atom is 0.408 e. The Labute approximate surface area is 101 Å². The first-order chi connectivity index (χ1) is 7.90. The molecule has 0 radical (unpaired) electrons. The molecule has 0 fully saturated rings. The molecule has 0 bridgehead atoms. The molecule has 1 rings (SSSR count). The first-order valence-corrected chi connectivity index (χ1v) is 5.57. The highest BCUT2D eigenvalue weighted by Gasteiger charge is 2.20. The number of amides is 1. The molecule has 1 heterocycles. The van der Waals surface area contributed by atoms with E-state index in [-0.39, 0.29) is 0 Å². The van der Waals surface area contributed by atoms with Gasteiger partial charge in [0, 0.05) is 24.8 Å². The van der Waals surface area contributed by atoms with E-state index in [1.807, 2.05) is 6.08 Å². The van der Waals surface area contributed by atoms with Crippen molar-refractivity contribution in [2.45, 2.75) is 45.3 Å². The summed E-state index contributed by atoms with van der Waals surface area (Å²) >= 11 is 0. The Bertz CT molecular complexity index is 353. The fraction of sp³-hybridized carbons (Fsp3) is 0.583. The van der Waals surface area contributed by atoms with Crippen molar-refractivity contribution in [1.29, 1.82) is 0 Å². The average Bonchev–Trinajstić information content (AvgIpc) is 2.66. The van der Waals surface area contributed by atoms with E-state index >= 15 is 0 Å². The van der Waals surface area contributed by atoms with E-state index in [4.69, 9.17) is 4.74 Å². The fourth-order valence-electron chi connectivity index (χ4n) is 1.36. The third-order valence-corrected chi connectivity index (χ3v) is 2.01. The van der Waals surface area contributed by atoms with Crippen molar-refractivity contribution >= 4 is 18.6 Å². The van der Waals surface area contributed by atoms with Gasteiger partial charge < -0.3 is 14.8 Å². The molecule has 0 unspecified atom stereocenters. The third kappa shape index (κ3) is 5.29. The van der Waals surface area contributed by atoms with Gasteiger partial charge in [-0.25, -0.2) is 4.79 Å². The van der Waals surface area contributed by atoms with Crippen LogP contribution < -0.4 is 5.32 Å². The molecule has 0 aromatic rings. The maximum atomic E-state index is 11.5. The van der Waals surface area contributed by atoms with Crippen molar-refractivity contribution in [3.63, 3.8) is 0 Å². The van der Waals surface area contributed by atoms with E-state index in [2.05, 4.69) is 10.3 Å². The molecule has 5 heteroatoms. The lowest BCUT2D eigenvalue weighted by Gasteiger charge is -2.21. The Morgan fingerprint density at radius 2 is 2.35 bits per heavy atom. The topological polar surface area (TPSA) is 67.8 Å². The van der Waals surface area contributed by atoms with Gasteiger partial charge in [0.25, 0.3) is 0 Å². The number of rotatable bonds is 4. The number of hydrogen-bond acceptors (Lipinski definition) is 4. The lowest BCUT2D eigenvalue weighted by molar-refractivity contribution is -0.109. The molecule has 17 heavy (non-hydrogen) atoms. The molecular weight excluding hydrogens is 220 g/mol. The Morgan fingerprint density at radius 1 is 1.65 bits per heavy atom. The molecule has 1 aliphatic heterocycles. The summed E-state index contributed by atoms with van der Waals surface area (Å²) in [5.74, 6) is 0. The SMILES string of the molecule is CC(C)(C)OC(=O)N[C@@H](C=O)CC1=CCC=N1. The molecule has 0 aromatic carbocycles. The lowest BCUT2D eigenvalue weighted by atomic mass is 10.2. The lowest BCUT2D eigenvalue weighted by Crippen LogP contribution is -2.40. The zero-order valence-electron chi connectivity index (χ0n) is 10.4. The van der Waals surface area contributed by atoms with Crippen LogP contribution in [0.3, 0.4) is 0 Å². The van der Waals surface area contributed by atoms with Crippen LogP contribution in [0.2, 0.25) is 0 Å². The van der Waals surface area contributed by atoms with Gasteiger partial charge >= 0.3 is 6.09 Å². The summed E-state index contributed by atoms with van der Waals surface area (Å²) in [4.78, 5) is 26.4. The van der Waals surface area contributed by atoms with Gasteiger partial charge in [-0.15, -0.1) is 0 Å². The third-order valence-electron chi connectivity index (χ3n) is 2.01. The first kappa shape index (κ1) is 13.4. The molecule has 0 saturated carbocycles. The number of aldehydes is 1. The van der Waals surface area contributed by atoms with Gasteiger partial charge in [-0.3, -0.25) is 4.99 Å². The van der Waals surface area contributed by atoms with Gasteiger partial charge in [-0.05, 0) is 20.8 Å². The molecule has 1 atom stereocenters. The average molecular weight is 238 g/mol. The minimum Gasteiger partial charge on any atom is -0.444 e. The molecule has 5 nitrogen and oxygen atoms in total. The summed E-state index contributed by atoms with van der Waals surface area (Å²) in [6.07, 6.45) is 4.99. The number of nitrogens with zero attached hydrogens (tertiary/aromatic N) is 1. The highest BCUT2D eigenvalue weighted by molar-refractivity contribution is 5.74. The molecule has 0 aliphatic carbocycles. The number of allylic oxidation sites excluding steroid dienone is 1. The predicted octanol–water partition coefficient (Wildman–Crippen LogP) is 1.83. The van der Waals surface area contributed by atoms with Crippen molar-refractivity contribution < 1.29 is 14.3 Å². The van der Waals surface area contributed by atoms with Crippen LogP contribution in [0.25, 0.3) is 0 Å². The Hall–Kier alpha value is -1.65. The van der Waals surface area contributed by atoms with E-state index in [9.17, 15) is 9.59 Å². The Balaban J connectivity index is 2.44. The molecule has 1 aliphatic rings. The predicted molar refractivity (Wildman–Crippen MR) is 65.0 cm³/mol. The summed E-state index contributed by atoms with van der Waals surface area (Å²) in [5, 5.41) is 2.51. The summed E-state index contributed by atoms with van der Waals surface area (Å²) in [7, 11) is 0. The smallest absolute Gasteiger partial charge is 0.408 e. The van der Waals surface area contributed by atoms with E-state index in [1.54, 1.807) is 27.0 Å². The van der Waals surface area contributed by atoms with Gasteiger partial charge in [0.15, 0.2) is 0 Å². The summed E-state index contributed by atoms with van der Waals surface area (Å²) in [5.41, 5.74) is 0.251. The fourth-order valence-corrected chi connectivity index (χ4v) is 1.36. The number of carbonyl (C=O) groups excluding carboxylic acids is 2. The number of ether oxygens (including phenoxy) is 1. The second-order valence-corrected chi connectivity index (χ2v) is 4.84. The molecule has 0 aromatic heterocycles. The van der Waals surface area contributed by atoms with E-state index < -0.39 is 17.7 Å². The van der Waals surface area contributed by atoms with Crippen LogP contribution in [0.4, 0.5) is 4.79 Å². The molecule has 0 saturated heterocycles. The molecular formula is C12H18N2O3. The monoisotopic (exact) mass is 238 g/mol. The number of hydrogen-bond donors (Lipinski definition) is 1. The number of nitrogens with one attached hydrogen (secondary N) is 1. The summed E-state index contributed by atoms with van der Waals surface area (Å²) in [6, 6.07) is -0.591. The molecule has 0 spiro atoms. The summed E-state index contributed by atoms with van der Waals surface area (Å²) in [6.45, 7) is 5.31. The summed E-state index contributed by atoms with van der Waals surface area (Å²) < 4.78 is 5.07. The minimum absolute atomic E-state index is 0.402. The zero-order valence-corrected chi connectivity index (χ0v) is 10.4. The zero-order chi connectivity index (χ0) is 12.9. The second kappa shape index (κ2) is 5.61. The molecule has 94 valence electrons. The van der Waals surface area contributed by atoms with Gasteiger partial charge in [0.1, 0.15) is 11.9 Å². The first-order valence-electron chi connectivity index (χ1n) is 5.57. The van der Waals surface area contributed by atoms with Crippen molar-refractivity contribution in [3.05, 3.63) is 11.8 Å². The van der Waals surface area contributed by atoms with Gasteiger partial charge in [-0.1, -0.05) is 6.08 Å². The standard InChI is InChI=1S/C12H18N2O3/c1-12(2,3)17-11(16)14-10(8-15)7-9-5-4-6-13-9/h5-6,8,10H,4,7H2,1-3H3,(H,14,16)/t10-/m1/s1. The maximum absolute atomic E-state index is 11.5. The largest absolute Gasteiger partial charge is 0.444 e. The van der Waals surface area contributed by atoms with Crippen LogP contribution in [-0.2, 0) is 9.53 Å². The quantitative estimate of drug-likeness (QED) is 0.760. The van der Waals surface area contributed by atoms with E-state index in [1.165, 1.54) is 0 Å². The normalized spacial score (nSPS) is 16.3. The minimum atomic E-state index is -0.591. The van der Waals surface area contributed by atoms with E-state index in [0.717, 1.165) is 12.1 Å². The van der Waals surface area contributed by atoms with Gasteiger partial charge in [0.2, 0.25) is 0 Å². The van der Waals surface area contributed by atoms with Crippen LogP contribution >= 0.6 is 0 Å². The Kier molecular flexibility index (Phi) is 4.43. The number of carbonyl (C=O) groups is 2. The van der Waals surface area contributed by atoms with Crippen molar-refractivity contribution in [3.8, 4) is 0 Å². The van der Waals surface area contributed by atoms with Crippen LogP contribution in [-0.4, -0.2) is 30.2 Å². The molecule has 1 amide bonds. The van der Waals surface area contributed by atoms with Crippen LogP contribution in [0.15, 0.2) is 16.8 Å². The van der Waals surface area contributed by atoms with Gasteiger partial charge in [0.05, 0.1) is 6.04 Å².